The van der Waals surface area contributed by atoms with E-state index in [0.717, 1.165) is 22.3 Å². The molecule has 0 aliphatic carbocycles. The summed E-state index contributed by atoms with van der Waals surface area (Å²) in [5.74, 6) is -0.126. The molecule has 170 valence electrons. The number of carbonyl (C=O) groups excluding carboxylic acids is 2. The van der Waals surface area contributed by atoms with E-state index in [2.05, 4.69) is 0 Å². The fourth-order valence-electron chi connectivity index (χ4n) is 4.60. The van der Waals surface area contributed by atoms with E-state index in [1.54, 1.807) is 0 Å². The van der Waals surface area contributed by atoms with Gasteiger partial charge in [-0.2, -0.15) is 0 Å². The van der Waals surface area contributed by atoms with Crippen LogP contribution in [0.5, 0.6) is 0 Å². The Bertz CT molecular complexity index is 993. The highest BCUT2D eigenvalue weighted by atomic mass is 16.1. The van der Waals surface area contributed by atoms with E-state index in [0.29, 0.717) is 25.7 Å². The zero-order chi connectivity index (χ0) is 23.6. The van der Waals surface area contributed by atoms with Gasteiger partial charge in [0.15, 0.2) is 0 Å². The molecule has 0 aliphatic heterocycles. The predicted molar refractivity (Wildman–Crippen MR) is 138 cm³/mol. The van der Waals surface area contributed by atoms with Crippen LogP contribution in [0.2, 0.25) is 0 Å². The summed E-state index contributed by atoms with van der Waals surface area (Å²) in [7, 11) is 0. The van der Waals surface area contributed by atoms with Gasteiger partial charge in [0.2, 0.25) is 0 Å². The smallest absolute Gasteiger partial charge is 0.144 e. The molecule has 4 aromatic rings. The van der Waals surface area contributed by atoms with Crippen LogP contribution < -0.4 is 0 Å². The molecular formula is C32H30O2. The van der Waals surface area contributed by atoms with Crippen LogP contribution in [0.1, 0.15) is 59.8 Å². The fraction of sp³-hybridized carbons (Fsp3) is 0.188. The second-order valence-corrected chi connectivity index (χ2v) is 8.65. The molecule has 0 saturated carbocycles. The molecule has 0 aromatic heterocycles. The van der Waals surface area contributed by atoms with Crippen LogP contribution in [0.4, 0.5) is 0 Å². The van der Waals surface area contributed by atoms with Gasteiger partial charge in [-0.3, -0.25) is 9.59 Å². The molecule has 4 rings (SSSR count). The highest BCUT2D eigenvalue weighted by Gasteiger charge is 2.24. The zero-order valence-electron chi connectivity index (χ0n) is 19.3. The molecule has 0 spiro atoms. The van der Waals surface area contributed by atoms with Gasteiger partial charge in [0.05, 0.1) is 11.8 Å². The second-order valence-electron chi connectivity index (χ2n) is 8.65. The monoisotopic (exact) mass is 446 g/mol. The molecule has 2 heteroatoms. The van der Waals surface area contributed by atoms with Crippen molar-refractivity contribution in [1.82, 2.24) is 0 Å². The molecule has 0 atom stereocenters. The molecular weight excluding hydrogens is 416 g/mol. The normalized spacial score (nSPS) is 11.0. The van der Waals surface area contributed by atoms with E-state index < -0.39 is 0 Å². The van der Waals surface area contributed by atoms with Crippen LogP contribution in [-0.4, -0.2) is 11.6 Å². The first-order valence-corrected chi connectivity index (χ1v) is 12.0. The van der Waals surface area contributed by atoms with Crippen molar-refractivity contribution in [2.45, 2.75) is 37.5 Å². The second kappa shape index (κ2) is 11.9. The van der Waals surface area contributed by atoms with Crippen molar-refractivity contribution in [2.24, 2.45) is 0 Å². The average Bonchev–Trinajstić information content (AvgIpc) is 2.89. The summed E-state index contributed by atoms with van der Waals surface area (Å²) >= 11 is 0. The minimum Gasteiger partial charge on any atom is -0.299 e. The molecule has 0 heterocycles. The maximum Gasteiger partial charge on any atom is 0.144 e. The maximum absolute atomic E-state index is 13.3. The quantitative estimate of drug-likeness (QED) is 0.226. The zero-order valence-corrected chi connectivity index (χ0v) is 19.3. The summed E-state index contributed by atoms with van der Waals surface area (Å²) in [6, 6.07) is 39.8. The molecule has 0 unspecified atom stereocenters. The number of ketones is 2. The lowest BCUT2D eigenvalue weighted by molar-refractivity contribution is -0.121. The summed E-state index contributed by atoms with van der Waals surface area (Å²) in [6.45, 7) is 0. The summed E-state index contributed by atoms with van der Waals surface area (Å²) in [5.41, 5.74) is 4.07. The number of unbranched alkanes of at least 4 members (excludes halogenated alkanes) is 1. The van der Waals surface area contributed by atoms with E-state index in [-0.39, 0.29) is 23.4 Å². The molecule has 4 aromatic carbocycles. The SMILES string of the molecule is O=C(CCCCC(=O)C(c1ccccc1)c1ccccc1)C(c1ccccc1)c1ccccc1. The summed E-state index contributed by atoms with van der Waals surface area (Å²) in [6.07, 6.45) is 2.33. The van der Waals surface area contributed by atoms with Gasteiger partial charge in [-0.15, -0.1) is 0 Å². The Kier molecular flexibility index (Phi) is 8.18. The highest BCUT2D eigenvalue weighted by molar-refractivity contribution is 5.90. The van der Waals surface area contributed by atoms with Gasteiger partial charge in [-0.05, 0) is 35.1 Å². The van der Waals surface area contributed by atoms with Crippen molar-refractivity contribution in [2.75, 3.05) is 0 Å². The highest BCUT2D eigenvalue weighted by Crippen LogP contribution is 2.29. The van der Waals surface area contributed by atoms with Crippen molar-refractivity contribution in [3.63, 3.8) is 0 Å². The Morgan fingerprint density at radius 2 is 0.647 bits per heavy atom. The van der Waals surface area contributed by atoms with Gasteiger partial charge in [0.1, 0.15) is 11.6 Å². The standard InChI is InChI=1S/C32H30O2/c33-29(31(25-15-5-1-6-16-25)26-17-7-2-8-18-26)23-13-14-24-30(34)32(27-19-9-3-10-20-27)28-21-11-4-12-22-28/h1-12,15-22,31-32H,13-14,23-24H2. The third kappa shape index (κ3) is 5.96. The first-order valence-electron chi connectivity index (χ1n) is 12.0. The van der Waals surface area contributed by atoms with Crippen molar-refractivity contribution in [3.8, 4) is 0 Å². The molecule has 0 fully saturated rings. The van der Waals surface area contributed by atoms with Crippen molar-refractivity contribution < 1.29 is 9.59 Å². The number of benzene rings is 4. The van der Waals surface area contributed by atoms with Crippen molar-refractivity contribution >= 4 is 11.6 Å². The third-order valence-corrected chi connectivity index (χ3v) is 6.27. The molecule has 0 aliphatic rings. The number of Topliss-reactive ketones (excluding diaryl/α,β-unsaturated/α-hetero) is 2. The molecule has 0 radical (unpaired) electrons. The van der Waals surface area contributed by atoms with Crippen LogP contribution in [0.15, 0.2) is 121 Å². The van der Waals surface area contributed by atoms with Gasteiger partial charge >= 0.3 is 0 Å². The molecule has 0 saturated heterocycles. The van der Waals surface area contributed by atoms with Crippen LogP contribution in [0.3, 0.4) is 0 Å². The predicted octanol–water partition coefficient (Wildman–Crippen LogP) is 7.35. The number of hydrogen-bond acceptors (Lipinski definition) is 2. The lowest BCUT2D eigenvalue weighted by Crippen LogP contribution is -2.15. The van der Waals surface area contributed by atoms with Gasteiger partial charge in [0.25, 0.3) is 0 Å². The Labute approximate surface area is 202 Å². The number of hydrogen-bond donors (Lipinski definition) is 0. The minimum atomic E-state index is -0.264. The molecule has 0 amide bonds. The van der Waals surface area contributed by atoms with Crippen LogP contribution in [0.25, 0.3) is 0 Å². The first kappa shape index (κ1) is 23.4. The van der Waals surface area contributed by atoms with E-state index in [1.807, 2.05) is 121 Å². The lowest BCUT2D eigenvalue weighted by Gasteiger charge is -2.18. The van der Waals surface area contributed by atoms with Crippen LogP contribution in [0, 0.1) is 0 Å². The van der Waals surface area contributed by atoms with Crippen molar-refractivity contribution in [3.05, 3.63) is 144 Å². The Morgan fingerprint density at radius 1 is 0.412 bits per heavy atom. The first-order chi connectivity index (χ1) is 16.7. The summed E-state index contributed by atoms with van der Waals surface area (Å²) in [4.78, 5) is 26.6. The summed E-state index contributed by atoms with van der Waals surface area (Å²) in [5, 5.41) is 0. The Morgan fingerprint density at radius 3 is 0.882 bits per heavy atom. The van der Waals surface area contributed by atoms with E-state index in [1.165, 1.54) is 0 Å². The molecule has 0 bridgehead atoms. The number of carbonyl (C=O) groups is 2. The lowest BCUT2D eigenvalue weighted by atomic mass is 9.84. The van der Waals surface area contributed by atoms with E-state index in [9.17, 15) is 9.59 Å². The molecule has 2 nitrogen and oxygen atoms in total. The summed E-state index contributed by atoms with van der Waals surface area (Å²) < 4.78 is 0. The topological polar surface area (TPSA) is 34.1 Å². The van der Waals surface area contributed by atoms with Gasteiger partial charge < -0.3 is 0 Å². The van der Waals surface area contributed by atoms with E-state index >= 15 is 0 Å². The third-order valence-electron chi connectivity index (χ3n) is 6.27. The van der Waals surface area contributed by atoms with Crippen molar-refractivity contribution in [1.29, 1.82) is 0 Å². The van der Waals surface area contributed by atoms with Crippen LogP contribution >= 0.6 is 0 Å². The average molecular weight is 447 g/mol. The fourth-order valence-corrected chi connectivity index (χ4v) is 4.60. The number of rotatable bonds is 11. The Hall–Kier alpha value is -3.78. The van der Waals surface area contributed by atoms with Crippen LogP contribution in [-0.2, 0) is 9.59 Å². The Balaban J connectivity index is 1.40. The van der Waals surface area contributed by atoms with Gasteiger partial charge in [-0.1, -0.05) is 121 Å². The van der Waals surface area contributed by atoms with E-state index in [4.69, 9.17) is 0 Å². The minimum absolute atomic E-state index is 0.201. The van der Waals surface area contributed by atoms with Gasteiger partial charge in [-0.25, -0.2) is 0 Å². The van der Waals surface area contributed by atoms with Gasteiger partial charge in [0, 0.05) is 12.8 Å². The maximum atomic E-state index is 13.3. The largest absolute Gasteiger partial charge is 0.299 e. The molecule has 0 N–H and O–H groups in total. The molecule has 34 heavy (non-hydrogen) atoms.